The van der Waals surface area contributed by atoms with E-state index in [0.29, 0.717) is 15.7 Å². The van der Waals surface area contributed by atoms with Gasteiger partial charge in [0, 0.05) is 0 Å². The van der Waals surface area contributed by atoms with Crippen LogP contribution in [0.1, 0.15) is 0 Å². The van der Waals surface area contributed by atoms with Crippen LogP contribution in [0.15, 0.2) is 18.2 Å². The number of nitrogens with two attached hydrogens (primary N) is 1. The molecule has 3 nitrogen and oxygen atoms in total. The second kappa shape index (κ2) is 4.09. The predicted octanol–water partition coefficient (Wildman–Crippen LogP) is 2.72. The Hall–Kier alpha value is -0.580. The maximum atomic E-state index is 10.8. The molecule has 2 amide bonds. The zero-order valence-electron chi connectivity index (χ0n) is 6.37. The van der Waals surface area contributed by atoms with Crippen LogP contribution in [-0.2, 0) is 0 Å². The largest absolute Gasteiger partial charge is 0.350 e. The van der Waals surface area contributed by atoms with Crippen molar-refractivity contribution in [1.29, 1.82) is 0 Å². The fourth-order valence-electron chi connectivity index (χ4n) is 0.802. The van der Waals surface area contributed by atoms with Crippen molar-refractivity contribution in [2.24, 2.45) is 5.73 Å². The monoisotopic (exact) mass is 236 g/mol. The summed E-state index contributed by atoms with van der Waals surface area (Å²) in [5.41, 5.74) is 5.29. The molecule has 1 aromatic carbocycles. The molecular formula is C7H6Cl2N2OS. The highest BCUT2D eigenvalue weighted by Gasteiger charge is 2.14. The van der Waals surface area contributed by atoms with Crippen LogP contribution in [-0.4, -0.2) is 6.03 Å². The zero-order valence-corrected chi connectivity index (χ0v) is 8.77. The highest BCUT2D eigenvalue weighted by atomic mass is 35.5. The summed E-state index contributed by atoms with van der Waals surface area (Å²) in [5, 5.41) is 0.641. The van der Waals surface area contributed by atoms with Crippen LogP contribution < -0.4 is 10.0 Å². The van der Waals surface area contributed by atoms with Gasteiger partial charge < -0.3 is 5.73 Å². The number of carbonyl (C=O) groups is 1. The first-order valence-electron chi connectivity index (χ1n) is 3.26. The molecule has 2 N–H and O–H groups in total. The molecule has 70 valence electrons. The van der Waals surface area contributed by atoms with E-state index in [0.717, 1.165) is 4.31 Å². The number of rotatable bonds is 1. The number of urea groups is 1. The zero-order chi connectivity index (χ0) is 10.0. The van der Waals surface area contributed by atoms with Crippen LogP contribution in [0.4, 0.5) is 10.5 Å². The lowest BCUT2D eigenvalue weighted by atomic mass is 10.3. The summed E-state index contributed by atoms with van der Waals surface area (Å²) in [6.45, 7) is 0. The topological polar surface area (TPSA) is 46.3 Å². The maximum absolute atomic E-state index is 10.8. The van der Waals surface area contributed by atoms with E-state index in [-0.39, 0.29) is 0 Å². The Bertz CT molecular complexity index is 325. The lowest BCUT2D eigenvalue weighted by molar-refractivity contribution is 0.257. The molecule has 13 heavy (non-hydrogen) atoms. The Kier molecular flexibility index (Phi) is 3.30. The number of benzene rings is 1. The third-order valence-corrected chi connectivity index (χ3v) is 2.37. The van der Waals surface area contributed by atoms with Crippen molar-refractivity contribution < 1.29 is 4.79 Å². The molecule has 6 heteroatoms. The first-order valence-corrected chi connectivity index (χ1v) is 4.42. The third kappa shape index (κ3) is 2.21. The highest BCUT2D eigenvalue weighted by molar-refractivity contribution is 7.82. The number of amides is 2. The predicted molar refractivity (Wildman–Crippen MR) is 57.5 cm³/mol. The number of hydrogen-bond acceptors (Lipinski definition) is 2. The third-order valence-electron chi connectivity index (χ3n) is 1.36. The van der Waals surface area contributed by atoms with Gasteiger partial charge in [-0.3, -0.25) is 0 Å². The van der Waals surface area contributed by atoms with Crippen LogP contribution in [0.5, 0.6) is 0 Å². The second-order valence-corrected chi connectivity index (χ2v) is 3.43. The summed E-state index contributed by atoms with van der Waals surface area (Å²) in [6.07, 6.45) is 0. The Labute approximate surface area is 91.0 Å². The molecule has 0 fully saturated rings. The summed E-state index contributed by atoms with van der Waals surface area (Å²) in [5.74, 6) is 0. The van der Waals surface area contributed by atoms with Gasteiger partial charge in [0.1, 0.15) is 0 Å². The van der Waals surface area contributed by atoms with Gasteiger partial charge in [-0.05, 0) is 12.1 Å². The summed E-state index contributed by atoms with van der Waals surface area (Å²) >= 11 is 15.4. The fraction of sp³-hybridized carbons (Fsp3) is 0. The Morgan fingerprint density at radius 1 is 1.38 bits per heavy atom. The van der Waals surface area contributed by atoms with Crippen LogP contribution in [0, 0.1) is 0 Å². The van der Waals surface area contributed by atoms with E-state index in [2.05, 4.69) is 12.8 Å². The Morgan fingerprint density at radius 3 is 2.23 bits per heavy atom. The summed E-state index contributed by atoms with van der Waals surface area (Å²) in [4.78, 5) is 10.8. The molecule has 0 spiro atoms. The van der Waals surface area contributed by atoms with E-state index >= 15 is 0 Å². The molecule has 0 atom stereocenters. The van der Waals surface area contributed by atoms with E-state index in [1.807, 2.05) is 0 Å². The van der Waals surface area contributed by atoms with Gasteiger partial charge in [0.15, 0.2) is 0 Å². The molecule has 0 aromatic heterocycles. The van der Waals surface area contributed by atoms with Crippen LogP contribution in [0.25, 0.3) is 0 Å². The van der Waals surface area contributed by atoms with Gasteiger partial charge in [-0.15, -0.1) is 0 Å². The van der Waals surface area contributed by atoms with Gasteiger partial charge in [0.25, 0.3) is 0 Å². The average molecular weight is 237 g/mol. The quantitative estimate of drug-likeness (QED) is 0.725. The van der Waals surface area contributed by atoms with Crippen LogP contribution in [0.3, 0.4) is 0 Å². The standard InChI is InChI=1S/C7H6Cl2N2OS/c8-4-2-1-3-5(9)6(4)11(13)7(10)12/h1-3,13H,(H2,10,12). The summed E-state index contributed by atoms with van der Waals surface area (Å²) in [6, 6.07) is 4.11. The summed E-state index contributed by atoms with van der Waals surface area (Å²) < 4.78 is 0.894. The number of nitrogens with zero attached hydrogens (tertiary/aromatic N) is 1. The smallest absolute Gasteiger partial charge is 0.329 e. The van der Waals surface area contributed by atoms with E-state index in [1.54, 1.807) is 18.2 Å². The van der Waals surface area contributed by atoms with Crippen molar-refractivity contribution in [3.05, 3.63) is 28.2 Å². The minimum atomic E-state index is -0.738. The molecule has 0 unspecified atom stereocenters. The van der Waals surface area contributed by atoms with Crippen molar-refractivity contribution in [3.63, 3.8) is 0 Å². The second-order valence-electron chi connectivity index (χ2n) is 2.22. The molecule has 1 rings (SSSR count). The molecule has 0 bridgehead atoms. The fourth-order valence-corrected chi connectivity index (χ4v) is 1.70. The number of carbonyl (C=O) groups excluding carboxylic acids is 1. The highest BCUT2D eigenvalue weighted by Crippen LogP contribution is 2.34. The number of hydrogen-bond donors (Lipinski definition) is 2. The van der Waals surface area contributed by atoms with E-state index in [1.165, 1.54) is 0 Å². The van der Waals surface area contributed by atoms with Crippen molar-refractivity contribution in [2.45, 2.75) is 0 Å². The average Bonchev–Trinajstić information content (AvgIpc) is 2.03. The molecule has 0 heterocycles. The van der Waals surface area contributed by atoms with Crippen molar-refractivity contribution in [2.75, 3.05) is 4.31 Å². The SMILES string of the molecule is NC(=O)N(S)c1c(Cl)cccc1Cl. The lowest BCUT2D eigenvalue weighted by Gasteiger charge is -2.15. The Balaban J connectivity index is 3.20. The first-order chi connectivity index (χ1) is 6.04. The summed E-state index contributed by atoms with van der Waals surface area (Å²) in [7, 11) is 0. The van der Waals surface area contributed by atoms with Crippen molar-refractivity contribution >= 4 is 47.7 Å². The van der Waals surface area contributed by atoms with Crippen LogP contribution >= 0.6 is 36.0 Å². The molecule has 0 saturated carbocycles. The normalized spacial score (nSPS) is 9.77. The van der Waals surface area contributed by atoms with E-state index in [9.17, 15) is 4.79 Å². The molecule has 0 aliphatic heterocycles. The minimum absolute atomic E-state index is 0.293. The Morgan fingerprint density at radius 2 is 1.85 bits per heavy atom. The van der Waals surface area contributed by atoms with Gasteiger partial charge in [-0.2, -0.15) is 0 Å². The number of halogens is 2. The van der Waals surface area contributed by atoms with Gasteiger partial charge in [0.05, 0.1) is 15.7 Å². The van der Waals surface area contributed by atoms with Crippen molar-refractivity contribution in [3.8, 4) is 0 Å². The minimum Gasteiger partial charge on any atom is -0.350 e. The van der Waals surface area contributed by atoms with Crippen LogP contribution in [0.2, 0.25) is 10.0 Å². The lowest BCUT2D eigenvalue weighted by Crippen LogP contribution is -2.27. The van der Waals surface area contributed by atoms with Gasteiger partial charge in [-0.25, -0.2) is 9.10 Å². The van der Waals surface area contributed by atoms with E-state index in [4.69, 9.17) is 28.9 Å². The maximum Gasteiger partial charge on any atom is 0.329 e. The molecule has 0 radical (unpaired) electrons. The van der Waals surface area contributed by atoms with Crippen molar-refractivity contribution in [1.82, 2.24) is 0 Å². The van der Waals surface area contributed by atoms with Gasteiger partial charge in [-0.1, -0.05) is 42.1 Å². The first kappa shape index (κ1) is 10.5. The molecule has 0 aliphatic carbocycles. The van der Waals surface area contributed by atoms with Gasteiger partial charge in [0.2, 0.25) is 0 Å². The number of primary amides is 1. The number of anilines is 1. The molecule has 0 aliphatic rings. The molecule has 0 saturated heterocycles. The molecule has 1 aromatic rings. The number of thiol groups is 1. The molecular weight excluding hydrogens is 231 g/mol. The van der Waals surface area contributed by atoms with Gasteiger partial charge >= 0.3 is 6.03 Å². The van der Waals surface area contributed by atoms with E-state index < -0.39 is 6.03 Å². The number of para-hydroxylation sites is 1.